The third kappa shape index (κ3) is 5.87. The van der Waals surface area contributed by atoms with Crippen molar-refractivity contribution in [2.24, 2.45) is 11.8 Å². The number of hydrogen-bond donors (Lipinski definition) is 1. The molecule has 0 saturated heterocycles. The second-order valence-electron chi connectivity index (χ2n) is 6.18. The number of nitrogens with zero attached hydrogens (tertiary/aromatic N) is 1. The van der Waals surface area contributed by atoms with Crippen molar-refractivity contribution in [3.8, 4) is 0 Å². The second-order valence-corrected chi connectivity index (χ2v) is 6.63. The smallest absolute Gasteiger partial charge is 0.0270 e. The summed E-state index contributed by atoms with van der Waals surface area (Å²) in [6, 6.07) is 4.19. The van der Waals surface area contributed by atoms with Crippen LogP contribution in [0, 0.1) is 18.3 Å². The van der Waals surface area contributed by atoms with Gasteiger partial charge in [0.1, 0.15) is 0 Å². The molecule has 1 aliphatic rings. The highest BCUT2D eigenvalue weighted by molar-refractivity contribution is 7.80. The van der Waals surface area contributed by atoms with Gasteiger partial charge in [0.15, 0.2) is 0 Å². The number of rotatable bonds is 8. The topological polar surface area (TPSA) is 12.9 Å². The van der Waals surface area contributed by atoms with Crippen LogP contribution < -0.4 is 0 Å². The quantitative estimate of drug-likeness (QED) is 0.639. The highest BCUT2D eigenvalue weighted by Gasteiger charge is 2.16. The Balaban J connectivity index is 1.71. The zero-order valence-electron chi connectivity index (χ0n) is 12.5. The molecule has 1 aromatic heterocycles. The summed E-state index contributed by atoms with van der Waals surface area (Å²) in [6.07, 6.45) is 18.7. The summed E-state index contributed by atoms with van der Waals surface area (Å²) in [7, 11) is 0. The van der Waals surface area contributed by atoms with Gasteiger partial charge < -0.3 is 0 Å². The summed E-state index contributed by atoms with van der Waals surface area (Å²) in [4.78, 5) is 4.07. The predicted molar refractivity (Wildman–Crippen MR) is 90.0 cm³/mol. The predicted octanol–water partition coefficient (Wildman–Crippen LogP) is 5.32. The molecule has 0 spiro atoms. The van der Waals surface area contributed by atoms with Gasteiger partial charge in [-0.1, -0.05) is 44.9 Å². The minimum atomic E-state index is 0.808. The largest absolute Gasteiger partial charge is 0.265 e. The molecule has 1 atom stereocenters. The number of pyridine rings is 1. The van der Waals surface area contributed by atoms with E-state index in [1.807, 2.05) is 12.4 Å². The molecule has 0 aromatic carbocycles. The summed E-state index contributed by atoms with van der Waals surface area (Å²) in [5.74, 6) is 2.83. The van der Waals surface area contributed by atoms with E-state index in [9.17, 15) is 0 Å². The lowest BCUT2D eigenvalue weighted by Gasteiger charge is -2.24. The van der Waals surface area contributed by atoms with Gasteiger partial charge in [-0.25, -0.2) is 0 Å². The van der Waals surface area contributed by atoms with Gasteiger partial charge >= 0.3 is 0 Å². The van der Waals surface area contributed by atoms with E-state index in [-0.39, 0.29) is 0 Å². The van der Waals surface area contributed by atoms with Crippen molar-refractivity contribution in [1.82, 2.24) is 4.98 Å². The molecule has 0 amide bonds. The van der Waals surface area contributed by atoms with Crippen LogP contribution in [-0.2, 0) is 0 Å². The third-order valence-electron chi connectivity index (χ3n) is 4.64. The maximum absolute atomic E-state index is 4.44. The first-order chi connectivity index (χ1) is 9.88. The van der Waals surface area contributed by atoms with Gasteiger partial charge in [0.05, 0.1) is 0 Å². The fourth-order valence-electron chi connectivity index (χ4n) is 3.31. The molecule has 2 heteroatoms. The Bertz CT molecular complexity index is 346. The van der Waals surface area contributed by atoms with Gasteiger partial charge in [0.2, 0.25) is 0 Å². The molecule has 1 aliphatic carbocycles. The molecule has 1 radical (unpaired) electrons. The monoisotopic (exact) mass is 290 g/mol. The van der Waals surface area contributed by atoms with Crippen LogP contribution in [0.4, 0.5) is 0 Å². The summed E-state index contributed by atoms with van der Waals surface area (Å²) in [5.41, 5.74) is 1.31. The second kappa shape index (κ2) is 9.44. The Kier molecular flexibility index (Phi) is 7.49. The summed E-state index contributed by atoms with van der Waals surface area (Å²) < 4.78 is 0. The normalized spacial score (nSPS) is 18.1. The van der Waals surface area contributed by atoms with Crippen molar-refractivity contribution in [2.45, 2.75) is 57.8 Å². The van der Waals surface area contributed by atoms with Crippen LogP contribution in [-0.4, -0.2) is 10.7 Å². The summed E-state index contributed by atoms with van der Waals surface area (Å²) in [6.45, 7) is 0. The highest BCUT2D eigenvalue weighted by atomic mass is 32.1. The fraction of sp³-hybridized carbons (Fsp3) is 0.667. The van der Waals surface area contributed by atoms with Crippen molar-refractivity contribution in [1.29, 1.82) is 0 Å². The van der Waals surface area contributed by atoms with Crippen LogP contribution in [0.2, 0.25) is 0 Å². The van der Waals surface area contributed by atoms with Crippen molar-refractivity contribution in [2.75, 3.05) is 5.75 Å². The van der Waals surface area contributed by atoms with Gasteiger partial charge in [0, 0.05) is 12.4 Å². The standard InChI is InChI=1S/C18H28NS/c20-15-12-17(7-6-16-4-2-1-3-5-16)8-9-18-10-13-19-14-11-18/h9-11,13-14,16-17,20H,1-8,12,15H2. The first-order valence-corrected chi connectivity index (χ1v) is 8.86. The van der Waals surface area contributed by atoms with E-state index in [2.05, 4.69) is 36.2 Å². The Morgan fingerprint density at radius 3 is 2.60 bits per heavy atom. The van der Waals surface area contributed by atoms with Crippen LogP contribution in [0.1, 0.15) is 63.4 Å². The fourth-order valence-corrected chi connectivity index (χ4v) is 3.68. The molecule has 20 heavy (non-hydrogen) atoms. The summed E-state index contributed by atoms with van der Waals surface area (Å²) in [5, 5.41) is 0. The lowest BCUT2D eigenvalue weighted by atomic mass is 9.82. The van der Waals surface area contributed by atoms with Gasteiger partial charge in [-0.2, -0.15) is 12.6 Å². The van der Waals surface area contributed by atoms with E-state index < -0.39 is 0 Å². The van der Waals surface area contributed by atoms with Crippen LogP contribution in [0.5, 0.6) is 0 Å². The molecule has 1 heterocycles. The van der Waals surface area contributed by atoms with Crippen molar-refractivity contribution >= 4 is 12.6 Å². The first-order valence-electron chi connectivity index (χ1n) is 8.22. The average molecular weight is 290 g/mol. The lowest BCUT2D eigenvalue weighted by molar-refractivity contribution is 0.304. The molecular formula is C18H28NS. The molecule has 0 bridgehead atoms. The highest BCUT2D eigenvalue weighted by Crippen LogP contribution is 2.30. The van der Waals surface area contributed by atoms with E-state index >= 15 is 0 Å². The summed E-state index contributed by atoms with van der Waals surface area (Å²) >= 11 is 4.44. The molecule has 2 rings (SSSR count). The van der Waals surface area contributed by atoms with Crippen LogP contribution >= 0.6 is 12.6 Å². The molecule has 1 nitrogen and oxygen atoms in total. The van der Waals surface area contributed by atoms with Crippen LogP contribution in [0.25, 0.3) is 0 Å². The average Bonchev–Trinajstić information content (AvgIpc) is 2.52. The number of aromatic nitrogens is 1. The Morgan fingerprint density at radius 1 is 1.15 bits per heavy atom. The minimum absolute atomic E-state index is 0.808. The minimum Gasteiger partial charge on any atom is -0.265 e. The van der Waals surface area contributed by atoms with Gasteiger partial charge in [-0.3, -0.25) is 4.98 Å². The number of hydrogen-bond acceptors (Lipinski definition) is 2. The Labute approximate surface area is 130 Å². The van der Waals surface area contributed by atoms with E-state index in [4.69, 9.17) is 0 Å². The Morgan fingerprint density at radius 2 is 1.90 bits per heavy atom. The lowest BCUT2D eigenvalue weighted by Crippen LogP contribution is -2.10. The van der Waals surface area contributed by atoms with Gasteiger partial charge in [-0.05, 0) is 54.5 Å². The van der Waals surface area contributed by atoms with Crippen molar-refractivity contribution < 1.29 is 0 Å². The van der Waals surface area contributed by atoms with Crippen LogP contribution in [0.15, 0.2) is 24.5 Å². The van der Waals surface area contributed by atoms with E-state index in [0.717, 1.165) is 17.6 Å². The first kappa shape index (κ1) is 15.9. The molecule has 1 unspecified atom stereocenters. The third-order valence-corrected chi connectivity index (χ3v) is 4.90. The molecule has 1 fully saturated rings. The molecule has 1 aromatic rings. The zero-order valence-corrected chi connectivity index (χ0v) is 13.4. The van der Waals surface area contributed by atoms with Crippen molar-refractivity contribution in [3.05, 3.63) is 36.5 Å². The van der Waals surface area contributed by atoms with Gasteiger partial charge in [-0.15, -0.1) is 0 Å². The number of thiol groups is 1. The Hall–Kier alpha value is -0.500. The van der Waals surface area contributed by atoms with E-state index in [1.54, 1.807) is 0 Å². The zero-order chi connectivity index (χ0) is 14.0. The van der Waals surface area contributed by atoms with Gasteiger partial charge in [0.25, 0.3) is 0 Å². The SMILES string of the molecule is SCCC(C[CH]c1ccncc1)CCC1CCCCC1. The molecule has 0 aliphatic heterocycles. The molecular weight excluding hydrogens is 262 g/mol. The van der Waals surface area contributed by atoms with Crippen molar-refractivity contribution in [3.63, 3.8) is 0 Å². The van der Waals surface area contributed by atoms with Crippen LogP contribution in [0.3, 0.4) is 0 Å². The maximum Gasteiger partial charge on any atom is 0.0270 e. The molecule has 1 saturated carbocycles. The maximum atomic E-state index is 4.44. The molecule has 0 N–H and O–H groups in total. The van der Waals surface area contributed by atoms with E-state index in [1.165, 1.54) is 63.4 Å². The molecule has 111 valence electrons. The van der Waals surface area contributed by atoms with E-state index in [0.29, 0.717) is 0 Å².